The molecule has 0 saturated carbocycles. The van der Waals surface area contributed by atoms with Crippen LogP contribution in [0.3, 0.4) is 0 Å². The minimum atomic E-state index is -0.549. The number of nitrogens with zero attached hydrogens (tertiary/aromatic N) is 1. The van der Waals surface area contributed by atoms with Crippen molar-refractivity contribution in [1.29, 1.82) is 0 Å². The Morgan fingerprint density at radius 2 is 1.66 bits per heavy atom. The maximum atomic E-state index is 13.2. The molecule has 2 aromatic carbocycles. The summed E-state index contributed by atoms with van der Waals surface area (Å²) in [6.45, 7) is 6.23. The Morgan fingerprint density at radius 3 is 2.25 bits per heavy atom. The highest BCUT2D eigenvalue weighted by molar-refractivity contribution is 7.99. The largest absolute Gasteiger partial charge is 0.352 e. The van der Waals surface area contributed by atoms with E-state index in [1.54, 1.807) is 29.2 Å². The van der Waals surface area contributed by atoms with Crippen molar-refractivity contribution in [2.75, 3.05) is 5.75 Å². The van der Waals surface area contributed by atoms with Crippen molar-refractivity contribution in [3.8, 4) is 0 Å². The van der Waals surface area contributed by atoms with Crippen LogP contribution >= 0.6 is 46.6 Å². The number of nitrogens with one attached hydrogen (secondary N) is 1. The second kappa shape index (κ2) is 13.3. The quantitative estimate of drug-likeness (QED) is 0.367. The van der Waals surface area contributed by atoms with Gasteiger partial charge in [-0.3, -0.25) is 9.59 Å². The van der Waals surface area contributed by atoms with Gasteiger partial charge in [-0.15, -0.1) is 11.8 Å². The molecule has 4 nitrogen and oxygen atoms in total. The molecule has 2 aromatic rings. The lowest BCUT2D eigenvalue weighted by molar-refractivity contribution is -0.139. The van der Waals surface area contributed by atoms with Crippen molar-refractivity contribution in [2.45, 2.75) is 58.0 Å². The lowest BCUT2D eigenvalue weighted by Gasteiger charge is -2.31. The summed E-state index contributed by atoms with van der Waals surface area (Å²) >= 11 is 19.7. The van der Waals surface area contributed by atoms with E-state index in [0.29, 0.717) is 33.8 Å². The molecule has 8 heteroatoms. The molecule has 2 rings (SSSR count). The van der Waals surface area contributed by atoms with Crippen molar-refractivity contribution in [1.82, 2.24) is 10.2 Å². The molecule has 0 spiro atoms. The third-order valence-electron chi connectivity index (χ3n) is 5.15. The molecule has 0 aliphatic heterocycles. The van der Waals surface area contributed by atoms with Gasteiger partial charge in [0, 0.05) is 33.4 Å². The molecule has 2 amide bonds. The highest BCUT2D eigenvalue weighted by Gasteiger charge is 2.29. The zero-order valence-electron chi connectivity index (χ0n) is 18.5. The van der Waals surface area contributed by atoms with Crippen LogP contribution in [0.4, 0.5) is 0 Å². The van der Waals surface area contributed by atoms with Crippen molar-refractivity contribution < 1.29 is 9.59 Å². The molecular formula is C24H29Cl3N2O2S. The van der Waals surface area contributed by atoms with E-state index in [9.17, 15) is 9.59 Å². The Hall–Kier alpha value is -1.40. The number of hydrogen-bond donors (Lipinski definition) is 1. The van der Waals surface area contributed by atoms with Crippen molar-refractivity contribution in [3.05, 3.63) is 68.7 Å². The molecule has 0 aliphatic carbocycles. The van der Waals surface area contributed by atoms with Crippen LogP contribution in [0.1, 0.15) is 44.7 Å². The first-order valence-corrected chi connectivity index (χ1v) is 12.9. The number of rotatable bonds is 11. The Balaban J connectivity index is 2.14. The third-order valence-corrected chi connectivity index (χ3v) is 6.96. The average Bonchev–Trinajstić information content (AvgIpc) is 2.76. The summed E-state index contributed by atoms with van der Waals surface area (Å²) < 4.78 is 0. The van der Waals surface area contributed by atoms with E-state index in [0.717, 1.165) is 17.5 Å². The summed E-state index contributed by atoms with van der Waals surface area (Å²) in [6, 6.07) is 12.2. The Bertz CT molecular complexity index is 909. The molecule has 0 radical (unpaired) electrons. The molecule has 1 N–H and O–H groups in total. The van der Waals surface area contributed by atoms with Gasteiger partial charge in [-0.1, -0.05) is 66.8 Å². The predicted octanol–water partition coefficient (Wildman–Crippen LogP) is 6.60. The summed E-state index contributed by atoms with van der Waals surface area (Å²) in [5, 5.41) is 4.80. The molecule has 0 unspecified atom stereocenters. The normalized spacial score (nSPS) is 12.8. The second-order valence-electron chi connectivity index (χ2n) is 7.62. The van der Waals surface area contributed by atoms with Gasteiger partial charge in [-0.25, -0.2) is 0 Å². The molecule has 0 aliphatic rings. The van der Waals surface area contributed by atoms with E-state index in [4.69, 9.17) is 34.8 Å². The van der Waals surface area contributed by atoms with Crippen LogP contribution in [0.15, 0.2) is 42.5 Å². The molecule has 0 heterocycles. The first kappa shape index (κ1) is 26.8. The van der Waals surface area contributed by atoms with Gasteiger partial charge in [0.1, 0.15) is 6.04 Å². The molecule has 0 fully saturated rings. The number of benzene rings is 2. The maximum absolute atomic E-state index is 13.2. The van der Waals surface area contributed by atoms with Gasteiger partial charge < -0.3 is 10.2 Å². The zero-order chi connectivity index (χ0) is 23.7. The number of amides is 2. The van der Waals surface area contributed by atoms with E-state index < -0.39 is 6.04 Å². The van der Waals surface area contributed by atoms with E-state index in [-0.39, 0.29) is 23.6 Å². The van der Waals surface area contributed by atoms with Crippen LogP contribution < -0.4 is 5.32 Å². The molecule has 0 bridgehead atoms. The van der Waals surface area contributed by atoms with Crippen LogP contribution in [0.2, 0.25) is 15.1 Å². The van der Waals surface area contributed by atoms with Crippen LogP contribution in [0, 0.1) is 0 Å². The zero-order valence-corrected chi connectivity index (χ0v) is 21.6. The fourth-order valence-electron chi connectivity index (χ4n) is 3.12. The van der Waals surface area contributed by atoms with Crippen molar-refractivity contribution in [2.24, 2.45) is 0 Å². The SMILES string of the molecule is CC[C@H](C(=O)N[C@@H](C)CC)N(Cc1ccc(Cl)cc1)C(=O)CSCc1ccc(Cl)cc1Cl. The first-order chi connectivity index (χ1) is 15.2. The van der Waals surface area contributed by atoms with Crippen LogP contribution in [-0.4, -0.2) is 34.6 Å². The molecular weight excluding hydrogens is 487 g/mol. The summed E-state index contributed by atoms with van der Waals surface area (Å²) in [5.41, 5.74) is 1.84. The standard InChI is InChI=1S/C24H29Cl3N2O2S/c1-4-16(3)28-24(31)22(5-2)29(13-17-6-9-19(25)10-7-17)23(30)15-32-14-18-8-11-20(26)12-21(18)27/h6-12,16,22H,4-5,13-15H2,1-3H3,(H,28,31)/t16-,22+/m0/s1. The minimum absolute atomic E-state index is 0.0467. The number of carbonyl (C=O) groups is 2. The lowest BCUT2D eigenvalue weighted by atomic mass is 10.1. The Morgan fingerprint density at radius 1 is 1.00 bits per heavy atom. The number of hydrogen-bond acceptors (Lipinski definition) is 3. The molecule has 2 atom stereocenters. The van der Waals surface area contributed by atoms with Crippen LogP contribution in [0.25, 0.3) is 0 Å². The van der Waals surface area contributed by atoms with E-state index >= 15 is 0 Å². The van der Waals surface area contributed by atoms with Crippen LogP contribution in [-0.2, 0) is 21.9 Å². The molecule has 32 heavy (non-hydrogen) atoms. The topological polar surface area (TPSA) is 49.4 Å². The number of thioether (sulfide) groups is 1. The highest BCUT2D eigenvalue weighted by atomic mass is 35.5. The summed E-state index contributed by atoms with van der Waals surface area (Å²) in [5.74, 6) is 0.586. The summed E-state index contributed by atoms with van der Waals surface area (Å²) in [6.07, 6.45) is 1.35. The predicted molar refractivity (Wildman–Crippen MR) is 137 cm³/mol. The third kappa shape index (κ3) is 8.18. The number of halogens is 3. The lowest BCUT2D eigenvalue weighted by Crippen LogP contribution is -2.51. The fourth-order valence-corrected chi connectivity index (χ4v) is 4.71. The Kier molecular flexibility index (Phi) is 11.2. The second-order valence-corrected chi connectivity index (χ2v) is 9.88. The monoisotopic (exact) mass is 514 g/mol. The summed E-state index contributed by atoms with van der Waals surface area (Å²) in [7, 11) is 0. The average molecular weight is 516 g/mol. The molecule has 174 valence electrons. The fraction of sp³-hybridized carbons (Fsp3) is 0.417. The molecule has 0 saturated heterocycles. The smallest absolute Gasteiger partial charge is 0.243 e. The van der Waals surface area contributed by atoms with Crippen LogP contribution in [0.5, 0.6) is 0 Å². The first-order valence-electron chi connectivity index (χ1n) is 10.6. The van der Waals surface area contributed by atoms with Gasteiger partial charge in [0.25, 0.3) is 0 Å². The van der Waals surface area contributed by atoms with E-state index in [1.165, 1.54) is 11.8 Å². The van der Waals surface area contributed by atoms with Crippen molar-refractivity contribution in [3.63, 3.8) is 0 Å². The van der Waals surface area contributed by atoms with Gasteiger partial charge in [0.15, 0.2) is 0 Å². The maximum Gasteiger partial charge on any atom is 0.243 e. The number of carbonyl (C=O) groups excluding carboxylic acids is 2. The highest BCUT2D eigenvalue weighted by Crippen LogP contribution is 2.25. The van der Waals surface area contributed by atoms with Gasteiger partial charge in [-0.05, 0) is 55.2 Å². The Labute approximate surface area is 210 Å². The van der Waals surface area contributed by atoms with Gasteiger partial charge in [-0.2, -0.15) is 0 Å². The van der Waals surface area contributed by atoms with E-state index in [1.807, 2.05) is 39.0 Å². The van der Waals surface area contributed by atoms with Gasteiger partial charge >= 0.3 is 0 Å². The van der Waals surface area contributed by atoms with Gasteiger partial charge in [0.05, 0.1) is 5.75 Å². The van der Waals surface area contributed by atoms with E-state index in [2.05, 4.69) is 5.32 Å². The molecule has 0 aromatic heterocycles. The van der Waals surface area contributed by atoms with Crippen molar-refractivity contribution >= 4 is 58.4 Å². The summed E-state index contributed by atoms with van der Waals surface area (Å²) in [4.78, 5) is 27.9. The van der Waals surface area contributed by atoms with Gasteiger partial charge in [0.2, 0.25) is 11.8 Å². The minimum Gasteiger partial charge on any atom is -0.352 e.